The lowest BCUT2D eigenvalue weighted by molar-refractivity contribution is 0.283. The highest BCUT2D eigenvalue weighted by atomic mass is 31.2. The lowest BCUT2D eigenvalue weighted by Crippen LogP contribution is -2.34. The highest BCUT2D eigenvalue weighted by molar-refractivity contribution is 7.51. The maximum absolute atomic E-state index is 11.7. The van der Waals surface area contributed by atoms with E-state index in [1.54, 1.807) is 24.3 Å². The fourth-order valence-corrected chi connectivity index (χ4v) is 4.54. The van der Waals surface area contributed by atoms with Gasteiger partial charge in [0.15, 0.2) is 0 Å². The molecule has 5 heteroatoms. The molecule has 0 aromatic heterocycles. The first-order valence-corrected chi connectivity index (χ1v) is 9.18. The Kier molecular flexibility index (Phi) is 6.03. The van der Waals surface area contributed by atoms with Gasteiger partial charge in [0.05, 0.1) is 6.16 Å². The largest absolute Gasteiger partial charge is 0.508 e. The van der Waals surface area contributed by atoms with E-state index in [9.17, 15) is 19.5 Å². The fraction of sp³-hybridized carbons (Fsp3) is 0.625. The van der Waals surface area contributed by atoms with Crippen LogP contribution in [0.2, 0.25) is 0 Å². The lowest BCUT2D eigenvalue weighted by atomic mass is 9.71. The zero-order chi connectivity index (χ0) is 16.3. The Labute approximate surface area is 127 Å². The molecule has 0 atom stereocenters. The highest BCUT2D eigenvalue weighted by Gasteiger charge is 2.39. The molecular weight excluding hydrogens is 287 g/mol. The molecule has 0 aliphatic heterocycles. The summed E-state index contributed by atoms with van der Waals surface area (Å²) in [5.74, 6) is 0.811. The average molecular weight is 314 g/mol. The summed E-state index contributed by atoms with van der Waals surface area (Å²) >= 11 is 0. The number of benzene rings is 1. The maximum Gasteiger partial charge on any atom is 0.326 e. The average Bonchev–Trinajstić information content (AvgIpc) is 2.24. The van der Waals surface area contributed by atoms with E-state index in [2.05, 4.69) is 27.7 Å². The summed E-state index contributed by atoms with van der Waals surface area (Å²) in [6.45, 7) is 8.26. The van der Waals surface area contributed by atoms with E-state index >= 15 is 0 Å². The first-order valence-electron chi connectivity index (χ1n) is 7.38. The number of phenolic OH excluding ortho intramolecular Hbond substituents is 1. The van der Waals surface area contributed by atoms with Crippen LogP contribution in [0.5, 0.6) is 5.75 Å². The third-order valence-electron chi connectivity index (χ3n) is 3.59. The summed E-state index contributed by atoms with van der Waals surface area (Å²) in [5.41, 5.74) is 0.334. The minimum Gasteiger partial charge on any atom is -0.508 e. The SMILES string of the molecule is CC(C)CC(CC(C)C)(CP(=O)(O)O)c1ccc(O)cc1. The van der Waals surface area contributed by atoms with Gasteiger partial charge < -0.3 is 14.9 Å². The quantitative estimate of drug-likeness (QED) is 0.667. The zero-order valence-electron chi connectivity index (χ0n) is 13.3. The number of hydrogen-bond acceptors (Lipinski definition) is 2. The minimum atomic E-state index is -4.14. The molecule has 0 bridgehead atoms. The third kappa shape index (κ3) is 5.82. The van der Waals surface area contributed by atoms with Gasteiger partial charge in [0, 0.05) is 5.41 Å². The molecule has 1 aromatic rings. The van der Waals surface area contributed by atoms with Crippen LogP contribution in [0.4, 0.5) is 0 Å². The van der Waals surface area contributed by atoms with Gasteiger partial charge in [-0.15, -0.1) is 0 Å². The van der Waals surface area contributed by atoms with Crippen LogP contribution in [0.1, 0.15) is 46.1 Å². The molecule has 0 heterocycles. The monoisotopic (exact) mass is 314 g/mol. The Morgan fingerprint density at radius 1 is 1.00 bits per heavy atom. The van der Waals surface area contributed by atoms with Crippen molar-refractivity contribution in [3.05, 3.63) is 29.8 Å². The second-order valence-electron chi connectivity index (χ2n) is 6.85. The van der Waals surface area contributed by atoms with Gasteiger partial charge in [-0.3, -0.25) is 4.57 Å². The number of hydrogen-bond donors (Lipinski definition) is 3. The van der Waals surface area contributed by atoms with Crippen LogP contribution < -0.4 is 0 Å². The lowest BCUT2D eigenvalue weighted by Gasteiger charge is -2.38. The molecule has 0 aliphatic carbocycles. The van der Waals surface area contributed by atoms with Crippen molar-refractivity contribution in [2.75, 3.05) is 6.16 Å². The van der Waals surface area contributed by atoms with E-state index in [4.69, 9.17) is 0 Å². The van der Waals surface area contributed by atoms with E-state index in [0.29, 0.717) is 24.7 Å². The van der Waals surface area contributed by atoms with E-state index in [1.807, 2.05) is 0 Å². The van der Waals surface area contributed by atoms with E-state index < -0.39 is 13.0 Å². The highest BCUT2D eigenvalue weighted by Crippen LogP contribution is 2.49. The molecule has 0 saturated heterocycles. The molecular formula is C16H27O4P. The molecule has 3 N–H and O–H groups in total. The zero-order valence-corrected chi connectivity index (χ0v) is 14.2. The Hall–Kier alpha value is -0.830. The molecule has 1 rings (SSSR count). The fourth-order valence-electron chi connectivity index (χ4n) is 3.31. The van der Waals surface area contributed by atoms with Gasteiger partial charge in [-0.25, -0.2) is 0 Å². The van der Waals surface area contributed by atoms with Gasteiger partial charge in [-0.2, -0.15) is 0 Å². The molecule has 0 amide bonds. The van der Waals surface area contributed by atoms with E-state index in [0.717, 1.165) is 5.56 Å². The van der Waals surface area contributed by atoms with Crippen molar-refractivity contribution in [1.82, 2.24) is 0 Å². The third-order valence-corrected chi connectivity index (χ3v) is 4.60. The van der Waals surface area contributed by atoms with Crippen molar-refractivity contribution in [2.24, 2.45) is 11.8 Å². The normalized spacial score (nSPS) is 13.1. The van der Waals surface area contributed by atoms with Crippen LogP contribution in [0, 0.1) is 11.8 Å². The smallest absolute Gasteiger partial charge is 0.326 e. The van der Waals surface area contributed by atoms with Gasteiger partial charge >= 0.3 is 7.60 Å². The summed E-state index contributed by atoms with van der Waals surface area (Å²) in [6.07, 6.45) is 1.27. The molecule has 0 aliphatic rings. The standard InChI is InChI=1S/C16H27O4P/c1-12(2)9-16(10-13(3)4,11-21(18,19)20)14-5-7-15(17)8-6-14/h5-8,12-13,17H,9-11H2,1-4H3,(H2,18,19,20). The van der Waals surface area contributed by atoms with Crippen LogP contribution >= 0.6 is 7.60 Å². The first-order chi connectivity index (χ1) is 9.54. The van der Waals surface area contributed by atoms with Crippen LogP contribution in [0.25, 0.3) is 0 Å². The molecule has 0 saturated carbocycles. The Balaban J connectivity index is 3.33. The number of rotatable bonds is 7. The summed E-state index contributed by atoms with van der Waals surface area (Å²) in [6, 6.07) is 6.75. The summed E-state index contributed by atoms with van der Waals surface area (Å²) in [5, 5.41) is 9.47. The molecule has 0 radical (unpaired) electrons. The van der Waals surface area contributed by atoms with Crippen LogP contribution in [-0.2, 0) is 9.98 Å². The Morgan fingerprint density at radius 3 is 1.76 bits per heavy atom. The van der Waals surface area contributed by atoms with Crippen LogP contribution in [0.15, 0.2) is 24.3 Å². The summed E-state index contributed by atoms with van der Waals surface area (Å²) in [4.78, 5) is 19.1. The van der Waals surface area contributed by atoms with Crippen molar-refractivity contribution in [1.29, 1.82) is 0 Å². The molecule has 0 spiro atoms. The molecule has 4 nitrogen and oxygen atoms in total. The molecule has 1 aromatic carbocycles. The predicted octanol–water partition coefficient (Wildman–Crippen LogP) is 3.90. The van der Waals surface area contributed by atoms with Crippen molar-refractivity contribution >= 4 is 7.60 Å². The van der Waals surface area contributed by atoms with Crippen LogP contribution in [0.3, 0.4) is 0 Å². The molecule has 120 valence electrons. The minimum absolute atomic E-state index is 0.152. The topological polar surface area (TPSA) is 77.8 Å². The van der Waals surface area contributed by atoms with E-state index in [-0.39, 0.29) is 11.9 Å². The van der Waals surface area contributed by atoms with Gasteiger partial charge in [0.2, 0.25) is 0 Å². The van der Waals surface area contributed by atoms with Crippen molar-refractivity contribution < 1.29 is 19.5 Å². The molecule has 0 unspecified atom stereocenters. The van der Waals surface area contributed by atoms with Gasteiger partial charge in [-0.05, 0) is 42.4 Å². The first kappa shape index (κ1) is 18.2. The predicted molar refractivity (Wildman–Crippen MR) is 85.6 cm³/mol. The summed E-state index contributed by atoms with van der Waals surface area (Å²) < 4.78 is 11.7. The van der Waals surface area contributed by atoms with Crippen molar-refractivity contribution in [3.8, 4) is 5.75 Å². The Morgan fingerprint density at radius 2 is 1.43 bits per heavy atom. The molecule has 21 heavy (non-hydrogen) atoms. The van der Waals surface area contributed by atoms with Gasteiger partial charge in [-0.1, -0.05) is 39.8 Å². The molecule has 0 fully saturated rings. The summed E-state index contributed by atoms with van der Waals surface area (Å²) in [7, 11) is -4.14. The second kappa shape index (κ2) is 6.95. The van der Waals surface area contributed by atoms with Gasteiger partial charge in [0.25, 0.3) is 0 Å². The van der Waals surface area contributed by atoms with E-state index in [1.165, 1.54) is 0 Å². The number of aromatic hydroxyl groups is 1. The maximum atomic E-state index is 11.7. The van der Waals surface area contributed by atoms with Crippen LogP contribution in [-0.4, -0.2) is 21.1 Å². The second-order valence-corrected chi connectivity index (χ2v) is 8.49. The number of phenols is 1. The van der Waals surface area contributed by atoms with Crippen molar-refractivity contribution in [2.45, 2.75) is 46.0 Å². The Bertz CT molecular complexity index is 478. The van der Waals surface area contributed by atoms with Gasteiger partial charge in [0.1, 0.15) is 5.75 Å². The van der Waals surface area contributed by atoms with Crippen molar-refractivity contribution in [3.63, 3.8) is 0 Å².